The van der Waals surface area contributed by atoms with Crippen LogP contribution in [0.5, 0.6) is 0 Å². The van der Waals surface area contributed by atoms with Gasteiger partial charge < -0.3 is 5.32 Å². The molecule has 0 rings (SSSR count). The minimum Gasteiger partial charge on any atom is -0.309 e. The number of alkyl halides is 2. The Morgan fingerprint density at radius 2 is 1.82 bits per heavy atom. The second-order valence-electron chi connectivity index (χ2n) is 2.80. The molecule has 0 fully saturated rings. The Morgan fingerprint density at radius 3 is 2.09 bits per heavy atom. The average Bonchev–Trinajstić information content (AvgIpc) is 1.98. The summed E-state index contributed by atoms with van der Waals surface area (Å²) in [5.41, 5.74) is 0. The number of hydrogen-bond donors (Lipinski definition) is 1. The Balaban J connectivity index is 3.87. The summed E-state index contributed by atoms with van der Waals surface area (Å²) in [6.07, 6.45) is -1.45. The van der Waals surface area contributed by atoms with E-state index in [0.717, 1.165) is 6.42 Å². The molecule has 2 atom stereocenters. The highest BCUT2D eigenvalue weighted by molar-refractivity contribution is 4.73. The zero-order valence-electron chi connectivity index (χ0n) is 7.40. The Morgan fingerprint density at radius 1 is 1.27 bits per heavy atom. The minimum absolute atomic E-state index is 0.0509. The van der Waals surface area contributed by atoms with Gasteiger partial charge in [0.05, 0.1) is 6.04 Å². The maximum Gasteiger partial charge on any atom is 0.253 e. The molecular formula is C8H17F2N. The van der Waals surface area contributed by atoms with Gasteiger partial charge in [0.2, 0.25) is 0 Å². The molecule has 0 bridgehead atoms. The van der Waals surface area contributed by atoms with Gasteiger partial charge in [-0.05, 0) is 12.5 Å². The topological polar surface area (TPSA) is 12.0 Å². The lowest BCUT2D eigenvalue weighted by atomic mass is 10.00. The van der Waals surface area contributed by atoms with E-state index < -0.39 is 12.5 Å². The van der Waals surface area contributed by atoms with E-state index in [0.29, 0.717) is 6.54 Å². The van der Waals surface area contributed by atoms with E-state index in [-0.39, 0.29) is 5.92 Å². The maximum atomic E-state index is 12.3. The molecule has 0 radical (unpaired) electrons. The Kier molecular flexibility index (Phi) is 5.38. The lowest BCUT2D eigenvalue weighted by Crippen LogP contribution is -2.40. The first-order valence-electron chi connectivity index (χ1n) is 4.15. The molecule has 0 aliphatic carbocycles. The first-order valence-corrected chi connectivity index (χ1v) is 4.15. The van der Waals surface area contributed by atoms with Crippen LogP contribution < -0.4 is 5.32 Å². The van der Waals surface area contributed by atoms with Crippen molar-refractivity contribution in [2.24, 2.45) is 5.92 Å². The van der Waals surface area contributed by atoms with Gasteiger partial charge in [-0.2, -0.15) is 0 Å². The van der Waals surface area contributed by atoms with Gasteiger partial charge in [-0.3, -0.25) is 0 Å². The van der Waals surface area contributed by atoms with E-state index >= 15 is 0 Å². The zero-order chi connectivity index (χ0) is 8.85. The Labute approximate surface area is 67.2 Å². The molecule has 0 aliphatic rings. The molecule has 2 unspecified atom stereocenters. The minimum atomic E-state index is -2.25. The van der Waals surface area contributed by atoms with Crippen LogP contribution in [0.1, 0.15) is 27.2 Å². The summed E-state index contributed by atoms with van der Waals surface area (Å²) in [6, 6.07) is -0.634. The van der Waals surface area contributed by atoms with Crippen LogP contribution in [0.4, 0.5) is 8.78 Å². The normalized spacial score (nSPS) is 16.9. The molecule has 11 heavy (non-hydrogen) atoms. The van der Waals surface area contributed by atoms with Crippen LogP contribution in [0.3, 0.4) is 0 Å². The number of nitrogens with one attached hydrogen (secondary N) is 1. The van der Waals surface area contributed by atoms with Crippen LogP contribution >= 0.6 is 0 Å². The standard InChI is InChI=1S/C8H17F2N/c1-4-6(3)7(8(9)10)11-5-2/h6-8,11H,4-5H2,1-3H3. The molecule has 68 valence electrons. The molecule has 0 saturated carbocycles. The third-order valence-corrected chi connectivity index (χ3v) is 1.97. The van der Waals surface area contributed by atoms with Gasteiger partial charge in [0, 0.05) is 0 Å². The van der Waals surface area contributed by atoms with Gasteiger partial charge in [0.25, 0.3) is 6.43 Å². The van der Waals surface area contributed by atoms with E-state index in [2.05, 4.69) is 5.32 Å². The molecular weight excluding hydrogens is 148 g/mol. The summed E-state index contributed by atoms with van der Waals surface area (Å²) >= 11 is 0. The largest absolute Gasteiger partial charge is 0.309 e. The Hall–Kier alpha value is -0.180. The molecule has 0 heterocycles. The molecule has 1 N–H and O–H groups in total. The van der Waals surface area contributed by atoms with E-state index in [9.17, 15) is 8.78 Å². The quantitative estimate of drug-likeness (QED) is 0.659. The first-order chi connectivity index (χ1) is 5.13. The molecule has 0 aromatic rings. The van der Waals surface area contributed by atoms with Gasteiger partial charge in [0.1, 0.15) is 0 Å². The van der Waals surface area contributed by atoms with Gasteiger partial charge >= 0.3 is 0 Å². The summed E-state index contributed by atoms with van der Waals surface area (Å²) < 4.78 is 24.5. The lowest BCUT2D eigenvalue weighted by Gasteiger charge is -2.22. The van der Waals surface area contributed by atoms with E-state index in [4.69, 9.17) is 0 Å². The predicted octanol–water partition coefficient (Wildman–Crippen LogP) is 2.28. The SMILES string of the molecule is CCNC(C(F)F)C(C)CC. The van der Waals surface area contributed by atoms with Crippen molar-refractivity contribution >= 4 is 0 Å². The maximum absolute atomic E-state index is 12.3. The van der Waals surface area contributed by atoms with Crippen molar-refractivity contribution in [3.8, 4) is 0 Å². The van der Waals surface area contributed by atoms with Crippen molar-refractivity contribution in [3.63, 3.8) is 0 Å². The van der Waals surface area contributed by atoms with Gasteiger partial charge in [-0.25, -0.2) is 8.78 Å². The fraction of sp³-hybridized carbons (Fsp3) is 1.00. The van der Waals surface area contributed by atoms with E-state index in [1.807, 2.05) is 20.8 Å². The van der Waals surface area contributed by atoms with Gasteiger partial charge in [-0.15, -0.1) is 0 Å². The number of rotatable bonds is 5. The summed E-state index contributed by atoms with van der Waals surface area (Å²) in [6.45, 7) is 6.23. The Bertz CT molecular complexity index is 96.1. The number of halogens is 2. The van der Waals surface area contributed by atoms with Crippen molar-refractivity contribution < 1.29 is 8.78 Å². The molecule has 1 nitrogen and oxygen atoms in total. The smallest absolute Gasteiger partial charge is 0.253 e. The van der Waals surface area contributed by atoms with E-state index in [1.54, 1.807) is 0 Å². The predicted molar refractivity (Wildman–Crippen MR) is 42.9 cm³/mol. The highest BCUT2D eigenvalue weighted by atomic mass is 19.3. The van der Waals surface area contributed by atoms with Crippen molar-refractivity contribution in [1.82, 2.24) is 5.32 Å². The average molecular weight is 165 g/mol. The molecule has 0 aromatic carbocycles. The summed E-state index contributed by atoms with van der Waals surface area (Å²) in [5.74, 6) is 0.0509. The molecule has 0 aromatic heterocycles. The lowest BCUT2D eigenvalue weighted by molar-refractivity contribution is 0.0727. The van der Waals surface area contributed by atoms with Crippen molar-refractivity contribution in [3.05, 3.63) is 0 Å². The second-order valence-corrected chi connectivity index (χ2v) is 2.80. The van der Waals surface area contributed by atoms with Gasteiger partial charge in [-0.1, -0.05) is 27.2 Å². The van der Waals surface area contributed by atoms with E-state index in [1.165, 1.54) is 0 Å². The molecule has 0 aliphatic heterocycles. The van der Waals surface area contributed by atoms with Crippen LogP contribution in [-0.4, -0.2) is 19.0 Å². The van der Waals surface area contributed by atoms with Crippen LogP contribution in [0.2, 0.25) is 0 Å². The van der Waals surface area contributed by atoms with Crippen LogP contribution in [0.15, 0.2) is 0 Å². The fourth-order valence-electron chi connectivity index (χ4n) is 1.03. The molecule has 0 spiro atoms. The highest BCUT2D eigenvalue weighted by Crippen LogP contribution is 2.14. The van der Waals surface area contributed by atoms with Crippen LogP contribution in [-0.2, 0) is 0 Å². The molecule has 0 saturated heterocycles. The fourth-order valence-corrected chi connectivity index (χ4v) is 1.03. The molecule has 3 heteroatoms. The third-order valence-electron chi connectivity index (χ3n) is 1.97. The first kappa shape index (κ1) is 10.8. The van der Waals surface area contributed by atoms with Crippen molar-refractivity contribution in [2.75, 3.05) is 6.54 Å². The van der Waals surface area contributed by atoms with Gasteiger partial charge in [0.15, 0.2) is 0 Å². The summed E-state index contributed by atoms with van der Waals surface area (Å²) in [4.78, 5) is 0. The number of hydrogen-bond acceptors (Lipinski definition) is 1. The highest BCUT2D eigenvalue weighted by Gasteiger charge is 2.23. The van der Waals surface area contributed by atoms with Crippen molar-refractivity contribution in [2.45, 2.75) is 39.7 Å². The summed E-state index contributed by atoms with van der Waals surface area (Å²) in [7, 11) is 0. The third kappa shape index (κ3) is 3.65. The zero-order valence-corrected chi connectivity index (χ0v) is 7.40. The summed E-state index contributed by atoms with van der Waals surface area (Å²) in [5, 5.41) is 2.78. The monoisotopic (exact) mass is 165 g/mol. The second kappa shape index (κ2) is 5.47. The van der Waals surface area contributed by atoms with Crippen molar-refractivity contribution in [1.29, 1.82) is 0 Å². The molecule has 0 amide bonds. The van der Waals surface area contributed by atoms with Crippen LogP contribution in [0, 0.1) is 5.92 Å². The van der Waals surface area contributed by atoms with Crippen LogP contribution in [0.25, 0.3) is 0 Å².